The van der Waals surface area contributed by atoms with E-state index in [-0.39, 0.29) is 12.5 Å². The second-order valence-corrected chi connectivity index (χ2v) is 11.1. The predicted molar refractivity (Wildman–Crippen MR) is 105 cm³/mol. The number of carbonyl (C=O) groups is 3. The highest BCUT2D eigenvalue weighted by Crippen LogP contribution is 2.52. The average molecular weight is 537 g/mol. The third-order valence-electron chi connectivity index (χ3n) is 4.21. The number of carbonyl (C=O) groups excluding carboxylic acids is 3. The van der Waals surface area contributed by atoms with Crippen molar-refractivity contribution in [1.29, 1.82) is 0 Å². The van der Waals surface area contributed by atoms with Crippen LogP contribution in [0.1, 0.15) is 6.92 Å². The average Bonchev–Trinajstić information content (AvgIpc) is 3.22. The maximum Gasteiger partial charge on any atom is 0.330 e. The van der Waals surface area contributed by atoms with Gasteiger partial charge in [-0.05, 0) is 17.4 Å². The highest BCUT2D eigenvalue weighted by atomic mass is 79.9. The lowest BCUT2D eigenvalue weighted by molar-refractivity contribution is -0.164. The number of rotatable bonds is 6. The number of halogens is 4. The molecule has 15 heteroatoms. The Balaban J connectivity index is 1.68. The Bertz CT molecular complexity index is 781. The van der Waals surface area contributed by atoms with E-state index in [1.54, 1.807) is 0 Å². The first-order valence-corrected chi connectivity index (χ1v) is 11.0. The first-order chi connectivity index (χ1) is 13.1. The molecule has 2 aliphatic rings. The number of tetrazole rings is 1. The lowest BCUT2D eigenvalue weighted by Gasteiger charge is -2.44. The fourth-order valence-electron chi connectivity index (χ4n) is 2.97. The van der Waals surface area contributed by atoms with Crippen LogP contribution in [0.5, 0.6) is 0 Å². The number of hydrogen-bond acceptors (Lipinski definition) is 8. The van der Waals surface area contributed by atoms with Gasteiger partial charge in [-0.25, -0.2) is 9.48 Å². The second kappa shape index (κ2) is 8.13. The molecule has 0 saturated carbocycles. The number of amides is 2. The molecule has 1 aromatic rings. The van der Waals surface area contributed by atoms with Crippen LogP contribution in [0, 0.1) is 0 Å². The van der Waals surface area contributed by atoms with E-state index in [1.807, 2.05) is 6.92 Å². The quantitative estimate of drug-likeness (QED) is 0.317. The Kier molecular flexibility index (Phi) is 6.35. The van der Waals surface area contributed by atoms with Crippen molar-refractivity contribution in [3.8, 4) is 0 Å². The van der Waals surface area contributed by atoms with E-state index >= 15 is 0 Å². The number of esters is 1. The van der Waals surface area contributed by atoms with Crippen LogP contribution >= 0.6 is 62.5 Å². The summed E-state index contributed by atoms with van der Waals surface area (Å²) in [7, 11) is 0. The van der Waals surface area contributed by atoms with E-state index in [0.29, 0.717) is 5.33 Å². The third kappa shape index (κ3) is 4.35. The largest absolute Gasteiger partial charge is 0.460 e. The molecule has 0 aliphatic carbocycles. The Morgan fingerprint density at radius 1 is 1.46 bits per heavy atom. The molecule has 0 radical (unpaired) electrons. The second-order valence-electron chi connectivity index (χ2n) is 6.38. The topological polar surface area (TPSA) is 119 Å². The Morgan fingerprint density at radius 2 is 2.18 bits per heavy atom. The predicted octanol–water partition coefficient (Wildman–Crippen LogP) is 0.509. The standard InChI is InChI=1S/C13H14BrCl3N6O4S/c1-12(3-14)8(11(26)27-4-13(15,16)17)23-9(25)7(10(23)28-12)19-6(24)2-22-5-18-20-21-22/h5,7-8,10H,2-4H2,1H3,(H,19,24). The van der Waals surface area contributed by atoms with Gasteiger partial charge in [-0.15, -0.1) is 16.9 Å². The van der Waals surface area contributed by atoms with E-state index in [2.05, 4.69) is 36.8 Å². The van der Waals surface area contributed by atoms with Gasteiger partial charge in [-0.1, -0.05) is 50.7 Å². The van der Waals surface area contributed by atoms with Crippen LogP contribution < -0.4 is 5.32 Å². The number of hydrogen-bond donors (Lipinski definition) is 1. The summed E-state index contributed by atoms with van der Waals surface area (Å²) in [6.07, 6.45) is 1.29. The summed E-state index contributed by atoms with van der Waals surface area (Å²) in [5.41, 5.74) is 0. The van der Waals surface area contributed by atoms with Crippen molar-refractivity contribution >= 4 is 80.3 Å². The normalized spacial score (nSPS) is 29.2. The van der Waals surface area contributed by atoms with Gasteiger partial charge in [0.15, 0.2) is 0 Å². The zero-order chi connectivity index (χ0) is 20.7. The van der Waals surface area contributed by atoms with Gasteiger partial charge in [-0.2, -0.15) is 0 Å². The molecule has 2 saturated heterocycles. The maximum absolute atomic E-state index is 12.7. The summed E-state index contributed by atoms with van der Waals surface area (Å²) in [4.78, 5) is 38.8. The summed E-state index contributed by atoms with van der Waals surface area (Å²) in [5.74, 6) is -1.48. The fraction of sp³-hybridized carbons (Fsp3) is 0.692. The zero-order valence-corrected chi connectivity index (χ0v) is 18.9. The monoisotopic (exact) mass is 534 g/mol. The van der Waals surface area contributed by atoms with Crippen molar-refractivity contribution < 1.29 is 19.1 Å². The molecule has 3 heterocycles. The number of nitrogens with one attached hydrogen (secondary N) is 1. The van der Waals surface area contributed by atoms with E-state index in [0.717, 1.165) is 0 Å². The van der Waals surface area contributed by atoms with Gasteiger partial charge < -0.3 is 15.0 Å². The minimum atomic E-state index is -1.75. The van der Waals surface area contributed by atoms with Crippen molar-refractivity contribution in [1.82, 2.24) is 30.4 Å². The van der Waals surface area contributed by atoms with Crippen LogP contribution in [0.2, 0.25) is 0 Å². The SMILES string of the molecule is CC1(CBr)SC2C(NC(=O)Cn3cnnn3)C(=O)N2C1C(=O)OCC(Cl)(Cl)Cl. The van der Waals surface area contributed by atoms with Crippen LogP contribution in [0.25, 0.3) is 0 Å². The van der Waals surface area contributed by atoms with Gasteiger partial charge in [-0.3, -0.25) is 9.59 Å². The number of alkyl halides is 4. The summed E-state index contributed by atoms with van der Waals surface area (Å²) >= 11 is 21.7. The smallest absolute Gasteiger partial charge is 0.330 e. The number of thioether (sulfide) groups is 1. The van der Waals surface area contributed by atoms with Crippen molar-refractivity contribution in [3.63, 3.8) is 0 Å². The van der Waals surface area contributed by atoms with Gasteiger partial charge in [0.25, 0.3) is 0 Å². The molecular weight excluding hydrogens is 523 g/mol. The van der Waals surface area contributed by atoms with Crippen molar-refractivity contribution in [2.75, 3.05) is 11.9 Å². The number of nitrogens with zero attached hydrogens (tertiary/aromatic N) is 5. The molecule has 2 fully saturated rings. The lowest BCUT2D eigenvalue weighted by atomic mass is 9.96. The first kappa shape index (κ1) is 21.9. The molecule has 4 atom stereocenters. The highest BCUT2D eigenvalue weighted by Gasteiger charge is 2.65. The minimum absolute atomic E-state index is 0.126. The molecule has 10 nitrogen and oxygen atoms in total. The van der Waals surface area contributed by atoms with Gasteiger partial charge in [0.1, 0.15) is 36.9 Å². The van der Waals surface area contributed by atoms with Crippen molar-refractivity contribution in [3.05, 3.63) is 6.33 Å². The molecule has 154 valence electrons. The van der Waals surface area contributed by atoms with Gasteiger partial charge >= 0.3 is 5.97 Å². The number of aromatic nitrogens is 4. The van der Waals surface area contributed by atoms with Crippen LogP contribution in [0.3, 0.4) is 0 Å². The van der Waals surface area contributed by atoms with E-state index in [9.17, 15) is 14.4 Å². The number of ether oxygens (including phenoxy) is 1. The minimum Gasteiger partial charge on any atom is -0.460 e. The molecule has 28 heavy (non-hydrogen) atoms. The van der Waals surface area contributed by atoms with Gasteiger partial charge in [0.05, 0.1) is 4.75 Å². The first-order valence-electron chi connectivity index (χ1n) is 7.85. The van der Waals surface area contributed by atoms with E-state index < -0.39 is 44.5 Å². The maximum atomic E-state index is 12.7. The molecule has 1 aromatic heterocycles. The molecule has 0 bridgehead atoms. The number of β-lactam (4-membered cyclic amide) rings is 1. The van der Waals surface area contributed by atoms with Crippen LogP contribution in [0.4, 0.5) is 0 Å². The summed E-state index contributed by atoms with van der Waals surface area (Å²) in [6.45, 7) is 1.26. The lowest BCUT2D eigenvalue weighted by Crippen LogP contribution is -2.71. The number of fused-ring (bicyclic) bond motifs is 1. The molecule has 0 aromatic carbocycles. The van der Waals surface area contributed by atoms with E-state index in [4.69, 9.17) is 39.5 Å². The Morgan fingerprint density at radius 3 is 2.75 bits per heavy atom. The van der Waals surface area contributed by atoms with Crippen LogP contribution in [-0.4, -0.2) is 80.8 Å². The van der Waals surface area contributed by atoms with Crippen LogP contribution in [-0.2, 0) is 25.7 Å². The molecule has 0 spiro atoms. The zero-order valence-electron chi connectivity index (χ0n) is 14.2. The molecule has 1 N–H and O–H groups in total. The Labute approximate surface area is 187 Å². The molecule has 3 rings (SSSR count). The molecule has 2 amide bonds. The van der Waals surface area contributed by atoms with Crippen LogP contribution in [0.15, 0.2) is 6.33 Å². The van der Waals surface area contributed by atoms with Crippen molar-refractivity contribution in [2.24, 2.45) is 0 Å². The Hall–Kier alpha value is -0.820. The summed E-state index contributed by atoms with van der Waals surface area (Å²) < 4.78 is 3.90. The summed E-state index contributed by atoms with van der Waals surface area (Å²) in [6, 6.07) is -1.65. The highest BCUT2D eigenvalue weighted by molar-refractivity contribution is 9.09. The van der Waals surface area contributed by atoms with Gasteiger partial charge in [0.2, 0.25) is 15.6 Å². The molecular formula is C13H14BrCl3N6O4S. The van der Waals surface area contributed by atoms with Gasteiger partial charge in [0, 0.05) is 5.33 Å². The van der Waals surface area contributed by atoms with Crippen molar-refractivity contribution in [2.45, 2.75) is 39.5 Å². The molecule has 2 aliphatic heterocycles. The molecule has 4 unspecified atom stereocenters. The van der Waals surface area contributed by atoms with E-state index in [1.165, 1.54) is 27.7 Å². The fourth-order valence-corrected chi connectivity index (χ4v) is 5.45. The third-order valence-corrected chi connectivity index (χ3v) is 7.72. The summed E-state index contributed by atoms with van der Waals surface area (Å²) in [5, 5.41) is 13.1.